The number of benzene rings is 1. The molecule has 148 valence electrons. The quantitative estimate of drug-likeness (QED) is 0.777. The van der Waals surface area contributed by atoms with E-state index in [1.807, 2.05) is 4.90 Å². The van der Waals surface area contributed by atoms with Crippen LogP contribution in [-0.4, -0.2) is 43.7 Å². The summed E-state index contributed by atoms with van der Waals surface area (Å²) >= 11 is 6.37. The van der Waals surface area contributed by atoms with Crippen molar-refractivity contribution in [2.75, 3.05) is 26.8 Å². The minimum Gasteiger partial charge on any atom is -0.493 e. The summed E-state index contributed by atoms with van der Waals surface area (Å²) in [7, 11) is 1.55. The first kappa shape index (κ1) is 22.9. The van der Waals surface area contributed by atoms with Gasteiger partial charge in [0, 0.05) is 24.7 Å². The molecule has 2 rings (SSSR count). The monoisotopic (exact) mass is 404 g/mol. The minimum absolute atomic E-state index is 0. The number of likely N-dealkylation sites (tertiary alicyclic amines) is 1. The third-order valence-electron chi connectivity index (χ3n) is 4.55. The highest BCUT2D eigenvalue weighted by atomic mass is 35.5. The Balaban J connectivity index is 0.00000338. The minimum atomic E-state index is -0.0574. The van der Waals surface area contributed by atoms with Gasteiger partial charge in [-0.05, 0) is 36.8 Å². The van der Waals surface area contributed by atoms with E-state index in [-0.39, 0.29) is 24.4 Å². The van der Waals surface area contributed by atoms with Gasteiger partial charge in [-0.1, -0.05) is 32.4 Å². The van der Waals surface area contributed by atoms with Crippen LogP contribution in [0, 0.1) is 11.8 Å². The maximum atomic E-state index is 13.0. The van der Waals surface area contributed by atoms with Crippen molar-refractivity contribution in [2.45, 2.75) is 39.7 Å². The first-order valence-electron chi connectivity index (χ1n) is 8.88. The molecule has 7 heteroatoms. The van der Waals surface area contributed by atoms with Gasteiger partial charge in [-0.15, -0.1) is 12.4 Å². The van der Waals surface area contributed by atoms with Crippen LogP contribution in [0.1, 0.15) is 44.0 Å². The lowest BCUT2D eigenvalue weighted by molar-refractivity contribution is 0.0573. The smallest absolute Gasteiger partial charge is 0.254 e. The van der Waals surface area contributed by atoms with Crippen molar-refractivity contribution in [2.24, 2.45) is 17.6 Å². The molecule has 1 aromatic carbocycles. The second kappa shape index (κ2) is 10.2. The molecule has 1 amide bonds. The van der Waals surface area contributed by atoms with Crippen LogP contribution in [0.4, 0.5) is 0 Å². The zero-order chi connectivity index (χ0) is 18.6. The van der Waals surface area contributed by atoms with E-state index in [1.54, 1.807) is 19.2 Å². The van der Waals surface area contributed by atoms with Crippen LogP contribution in [0.5, 0.6) is 11.5 Å². The molecule has 1 aromatic rings. The molecule has 0 spiro atoms. The number of ether oxygens (including phenoxy) is 2. The van der Waals surface area contributed by atoms with Gasteiger partial charge in [-0.3, -0.25) is 4.79 Å². The van der Waals surface area contributed by atoms with E-state index in [4.69, 9.17) is 26.8 Å². The third kappa shape index (κ3) is 5.41. The van der Waals surface area contributed by atoms with Gasteiger partial charge in [-0.25, -0.2) is 0 Å². The molecule has 2 N–H and O–H groups in total. The largest absolute Gasteiger partial charge is 0.493 e. The predicted molar refractivity (Wildman–Crippen MR) is 108 cm³/mol. The highest BCUT2D eigenvalue weighted by Gasteiger charge is 2.30. The average Bonchev–Trinajstić information content (AvgIpc) is 2.59. The van der Waals surface area contributed by atoms with E-state index in [9.17, 15) is 4.79 Å². The standard InChI is InChI=1S/C19H29ClN2O3.ClH/c1-12(2)11-25-18-16(20)8-14(9-17(18)24-4)19(23)22-6-5-13(3)7-15(22)10-21;/h8-9,12-13,15H,5-7,10-11,21H2,1-4H3;1H. The normalized spacial score (nSPS) is 19.9. The lowest BCUT2D eigenvalue weighted by Crippen LogP contribution is -2.49. The maximum Gasteiger partial charge on any atom is 0.254 e. The molecule has 0 aliphatic carbocycles. The summed E-state index contributed by atoms with van der Waals surface area (Å²) in [5.41, 5.74) is 6.39. The second-order valence-corrected chi connectivity index (χ2v) is 7.62. The number of hydrogen-bond donors (Lipinski definition) is 1. The molecule has 1 aliphatic heterocycles. The molecule has 2 unspecified atom stereocenters. The highest BCUT2D eigenvalue weighted by Crippen LogP contribution is 2.37. The lowest BCUT2D eigenvalue weighted by Gasteiger charge is -2.38. The van der Waals surface area contributed by atoms with Crippen LogP contribution in [0.25, 0.3) is 0 Å². The number of carbonyl (C=O) groups excluding carboxylic acids is 1. The molecule has 0 aromatic heterocycles. The summed E-state index contributed by atoms with van der Waals surface area (Å²) in [6, 6.07) is 3.43. The van der Waals surface area contributed by atoms with Gasteiger partial charge in [0.2, 0.25) is 0 Å². The summed E-state index contributed by atoms with van der Waals surface area (Å²) in [6.07, 6.45) is 1.92. The number of nitrogens with zero attached hydrogens (tertiary/aromatic N) is 1. The number of halogens is 2. The van der Waals surface area contributed by atoms with Crippen LogP contribution < -0.4 is 15.2 Å². The molecule has 1 saturated heterocycles. The van der Waals surface area contributed by atoms with Crippen LogP contribution in [0.3, 0.4) is 0 Å². The molecular formula is C19H30Cl2N2O3. The molecule has 0 radical (unpaired) electrons. The van der Waals surface area contributed by atoms with Gasteiger partial charge in [0.25, 0.3) is 5.91 Å². The molecule has 1 fully saturated rings. The van der Waals surface area contributed by atoms with Gasteiger partial charge in [0.1, 0.15) is 0 Å². The van der Waals surface area contributed by atoms with Crippen molar-refractivity contribution in [3.63, 3.8) is 0 Å². The summed E-state index contributed by atoms with van der Waals surface area (Å²) < 4.78 is 11.2. The third-order valence-corrected chi connectivity index (χ3v) is 4.83. The van der Waals surface area contributed by atoms with Crippen molar-refractivity contribution in [3.8, 4) is 11.5 Å². The molecule has 1 heterocycles. The van der Waals surface area contributed by atoms with Gasteiger partial charge >= 0.3 is 0 Å². The van der Waals surface area contributed by atoms with E-state index in [0.29, 0.717) is 53.6 Å². The Morgan fingerprint density at radius 2 is 2.12 bits per heavy atom. The summed E-state index contributed by atoms with van der Waals surface area (Å²) in [6.45, 7) is 8.03. The maximum absolute atomic E-state index is 13.0. The van der Waals surface area contributed by atoms with Crippen LogP contribution in [-0.2, 0) is 0 Å². The van der Waals surface area contributed by atoms with Crippen molar-refractivity contribution in [3.05, 3.63) is 22.7 Å². The molecule has 26 heavy (non-hydrogen) atoms. The van der Waals surface area contributed by atoms with Crippen LogP contribution >= 0.6 is 24.0 Å². The number of carbonyl (C=O) groups is 1. The Bertz CT molecular complexity index is 611. The van der Waals surface area contributed by atoms with Crippen molar-refractivity contribution < 1.29 is 14.3 Å². The van der Waals surface area contributed by atoms with Gasteiger partial charge in [0.05, 0.1) is 18.7 Å². The fourth-order valence-corrected chi connectivity index (χ4v) is 3.41. The Hall–Kier alpha value is -1.17. The second-order valence-electron chi connectivity index (χ2n) is 7.21. The van der Waals surface area contributed by atoms with Crippen molar-refractivity contribution in [1.29, 1.82) is 0 Å². The van der Waals surface area contributed by atoms with E-state index in [2.05, 4.69) is 20.8 Å². The summed E-state index contributed by atoms with van der Waals surface area (Å²) in [4.78, 5) is 14.8. The number of rotatable bonds is 6. The van der Waals surface area contributed by atoms with Gasteiger partial charge in [0.15, 0.2) is 11.5 Å². The van der Waals surface area contributed by atoms with Crippen molar-refractivity contribution >= 4 is 29.9 Å². The first-order chi connectivity index (χ1) is 11.9. The Morgan fingerprint density at radius 1 is 1.42 bits per heavy atom. The number of piperidine rings is 1. The number of amides is 1. The van der Waals surface area contributed by atoms with E-state index in [0.717, 1.165) is 12.8 Å². The molecule has 5 nitrogen and oxygen atoms in total. The highest BCUT2D eigenvalue weighted by molar-refractivity contribution is 6.32. The zero-order valence-corrected chi connectivity index (χ0v) is 17.5. The van der Waals surface area contributed by atoms with Crippen LogP contribution in [0.2, 0.25) is 5.02 Å². The zero-order valence-electron chi connectivity index (χ0n) is 16.0. The SMILES string of the molecule is COc1cc(C(=O)N2CCC(C)CC2CN)cc(Cl)c1OCC(C)C.Cl. The number of methoxy groups -OCH3 is 1. The Kier molecular flexibility index (Phi) is 9.01. The molecule has 0 saturated carbocycles. The van der Waals surface area contributed by atoms with E-state index >= 15 is 0 Å². The van der Waals surface area contributed by atoms with Crippen molar-refractivity contribution in [1.82, 2.24) is 4.90 Å². The molecule has 1 aliphatic rings. The molecular weight excluding hydrogens is 375 g/mol. The van der Waals surface area contributed by atoms with Crippen LogP contribution in [0.15, 0.2) is 12.1 Å². The van der Waals surface area contributed by atoms with Gasteiger partial charge in [-0.2, -0.15) is 0 Å². The topological polar surface area (TPSA) is 64.8 Å². The number of hydrogen-bond acceptors (Lipinski definition) is 4. The summed E-state index contributed by atoms with van der Waals surface area (Å²) in [5, 5.41) is 0.387. The Morgan fingerprint density at radius 3 is 2.69 bits per heavy atom. The lowest BCUT2D eigenvalue weighted by atomic mass is 9.92. The fraction of sp³-hybridized carbons (Fsp3) is 0.632. The van der Waals surface area contributed by atoms with Gasteiger partial charge < -0.3 is 20.1 Å². The molecule has 0 bridgehead atoms. The average molecular weight is 405 g/mol. The van der Waals surface area contributed by atoms with E-state index in [1.165, 1.54) is 0 Å². The summed E-state index contributed by atoms with van der Waals surface area (Å²) in [5.74, 6) is 1.85. The molecule has 2 atom stereocenters. The van der Waals surface area contributed by atoms with E-state index < -0.39 is 0 Å². The first-order valence-corrected chi connectivity index (χ1v) is 9.26. The fourth-order valence-electron chi connectivity index (χ4n) is 3.14. The Labute approximate surface area is 167 Å². The number of nitrogens with two attached hydrogens (primary N) is 1. The predicted octanol–water partition coefficient (Wildman–Crippen LogP) is 4.00.